The van der Waals surface area contributed by atoms with Crippen molar-refractivity contribution in [2.45, 2.75) is 19.8 Å². The van der Waals surface area contributed by atoms with Crippen molar-refractivity contribution < 1.29 is 22.7 Å². The van der Waals surface area contributed by atoms with Gasteiger partial charge in [0.05, 0.1) is 30.3 Å². The van der Waals surface area contributed by atoms with Gasteiger partial charge in [0.25, 0.3) is 0 Å². The first kappa shape index (κ1) is 21.4. The highest BCUT2D eigenvalue weighted by Gasteiger charge is 2.22. The summed E-state index contributed by atoms with van der Waals surface area (Å²) in [6.45, 7) is 3.65. The molecule has 0 spiro atoms. The van der Waals surface area contributed by atoms with Gasteiger partial charge in [-0.15, -0.1) is 0 Å². The second kappa shape index (κ2) is 8.88. The molecule has 0 bridgehead atoms. The summed E-state index contributed by atoms with van der Waals surface area (Å²) < 4.78 is 30.2. The second-order valence-corrected chi connectivity index (χ2v) is 8.51. The lowest BCUT2D eigenvalue weighted by atomic mass is 10.0. The molecule has 0 saturated carbocycles. The van der Waals surface area contributed by atoms with Crippen LogP contribution in [-0.4, -0.2) is 40.2 Å². The molecule has 2 rings (SSSR count). The number of rotatable bonds is 7. The van der Waals surface area contributed by atoms with Gasteiger partial charge >= 0.3 is 5.97 Å². The normalized spacial score (nSPS) is 11.2. The lowest BCUT2D eigenvalue weighted by molar-refractivity contribution is -0.114. The highest BCUT2D eigenvalue weighted by Crippen LogP contribution is 2.22. The predicted molar refractivity (Wildman–Crippen MR) is 109 cm³/mol. The van der Waals surface area contributed by atoms with Gasteiger partial charge in [0.2, 0.25) is 15.9 Å². The van der Waals surface area contributed by atoms with Gasteiger partial charge in [-0.05, 0) is 35.7 Å². The van der Waals surface area contributed by atoms with E-state index >= 15 is 0 Å². The SMILES string of the molecule is COC(=O)c1ccccc1NC(=O)CN(c1ccc(C(C)C)cc1)S(C)(=O)=O. The summed E-state index contributed by atoms with van der Waals surface area (Å²) >= 11 is 0. The molecule has 2 aromatic carbocycles. The van der Waals surface area contributed by atoms with E-state index < -0.39 is 28.4 Å². The Morgan fingerprint density at radius 2 is 1.68 bits per heavy atom. The van der Waals surface area contributed by atoms with Crippen molar-refractivity contribution in [3.05, 3.63) is 59.7 Å². The minimum absolute atomic E-state index is 0.186. The molecule has 0 radical (unpaired) electrons. The highest BCUT2D eigenvalue weighted by atomic mass is 32.2. The van der Waals surface area contributed by atoms with Crippen molar-refractivity contribution in [3.8, 4) is 0 Å². The Morgan fingerprint density at radius 1 is 1.07 bits per heavy atom. The highest BCUT2D eigenvalue weighted by molar-refractivity contribution is 7.92. The number of anilines is 2. The van der Waals surface area contributed by atoms with Gasteiger partial charge in [0.15, 0.2) is 0 Å². The van der Waals surface area contributed by atoms with E-state index in [4.69, 9.17) is 4.74 Å². The van der Waals surface area contributed by atoms with E-state index in [0.717, 1.165) is 16.1 Å². The van der Waals surface area contributed by atoms with Gasteiger partial charge in [0, 0.05) is 0 Å². The van der Waals surface area contributed by atoms with Crippen LogP contribution in [0.5, 0.6) is 0 Å². The van der Waals surface area contributed by atoms with Crippen molar-refractivity contribution in [2.24, 2.45) is 0 Å². The fourth-order valence-electron chi connectivity index (χ4n) is 2.63. The summed E-state index contributed by atoms with van der Waals surface area (Å²) in [5, 5.41) is 2.58. The van der Waals surface area contributed by atoms with Gasteiger partial charge in [0.1, 0.15) is 6.54 Å². The van der Waals surface area contributed by atoms with Crippen LogP contribution in [0.1, 0.15) is 35.7 Å². The minimum atomic E-state index is -3.69. The number of amides is 1. The van der Waals surface area contributed by atoms with Crippen molar-refractivity contribution in [1.82, 2.24) is 0 Å². The number of benzene rings is 2. The molecule has 0 aromatic heterocycles. The number of methoxy groups -OCH3 is 1. The smallest absolute Gasteiger partial charge is 0.339 e. The summed E-state index contributed by atoms with van der Waals surface area (Å²) in [6.07, 6.45) is 1.04. The predicted octanol–water partition coefficient (Wildman–Crippen LogP) is 3.00. The number of carbonyl (C=O) groups excluding carboxylic acids is 2. The van der Waals surface area contributed by atoms with Crippen LogP contribution in [0.4, 0.5) is 11.4 Å². The van der Waals surface area contributed by atoms with Gasteiger partial charge in [-0.3, -0.25) is 9.10 Å². The molecule has 28 heavy (non-hydrogen) atoms. The Kier molecular flexibility index (Phi) is 6.80. The first-order valence-electron chi connectivity index (χ1n) is 8.68. The maximum Gasteiger partial charge on any atom is 0.339 e. The maximum atomic E-state index is 12.5. The van der Waals surface area contributed by atoms with Crippen molar-refractivity contribution in [2.75, 3.05) is 29.5 Å². The van der Waals surface area contributed by atoms with Crippen LogP contribution in [0.2, 0.25) is 0 Å². The van der Waals surface area contributed by atoms with Gasteiger partial charge in [-0.2, -0.15) is 0 Å². The third kappa shape index (κ3) is 5.32. The van der Waals surface area contributed by atoms with Gasteiger partial charge in [-0.25, -0.2) is 13.2 Å². The molecule has 0 aliphatic carbocycles. The number of nitrogens with one attached hydrogen (secondary N) is 1. The topological polar surface area (TPSA) is 92.8 Å². The van der Waals surface area contributed by atoms with E-state index in [1.807, 2.05) is 26.0 Å². The Morgan fingerprint density at radius 3 is 2.21 bits per heavy atom. The van der Waals surface area contributed by atoms with E-state index in [9.17, 15) is 18.0 Å². The molecular formula is C20H24N2O5S. The average molecular weight is 404 g/mol. The number of carbonyl (C=O) groups is 2. The summed E-state index contributed by atoms with van der Waals surface area (Å²) in [5.41, 5.74) is 1.89. The number of esters is 1. The van der Waals surface area contributed by atoms with Crippen LogP contribution >= 0.6 is 0 Å². The molecule has 2 aromatic rings. The lowest BCUT2D eigenvalue weighted by Gasteiger charge is -2.22. The molecule has 0 unspecified atom stereocenters. The molecule has 0 aliphatic rings. The van der Waals surface area contributed by atoms with Gasteiger partial charge in [-0.1, -0.05) is 38.1 Å². The number of ether oxygens (including phenoxy) is 1. The number of hydrogen-bond donors (Lipinski definition) is 1. The molecule has 8 heteroatoms. The first-order chi connectivity index (χ1) is 13.1. The van der Waals surface area contributed by atoms with Crippen molar-refractivity contribution in [1.29, 1.82) is 0 Å². The zero-order chi connectivity index (χ0) is 20.9. The zero-order valence-corrected chi connectivity index (χ0v) is 17.1. The molecule has 0 saturated heterocycles. The Hall–Kier alpha value is -2.87. The van der Waals surface area contributed by atoms with E-state index in [-0.39, 0.29) is 11.3 Å². The largest absolute Gasteiger partial charge is 0.465 e. The van der Waals surface area contributed by atoms with E-state index in [0.29, 0.717) is 11.6 Å². The van der Waals surface area contributed by atoms with E-state index in [2.05, 4.69) is 5.32 Å². The summed E-state index contributed by atoms with van der Waals surface area (Å²) in [5.74, 6) is -0.867. The molecule has 0 atom stereocenters. The van der Waals surface area contributed by atoms with Crippen LogP contribution in [0.3, 0.4) is 0 Å². The molecule has 1 amide bonds. The van der Waals surface area contributed by atoms with Crippen LogP contribution in [-0.2, 0) is 19.6 Å². The monoisotopic (exact) mass is 404 g/mol. The molecule has 7 nitrogen and oxygen atoms in total. The van der Waals surface area contributed by atoms with Crippen LogP contribution in [0.15, 0.2) is 48.5 Å². The fourth-order valence-corrected chi connectivity index (χ4v) is 3.48. The molecule has 0 fully saturated rings. The van der Waals surface area contributed by atoms with Gasteiger partial charge < -0.3 is 10.1 Å². The van der Waals surface area contributed by atoms with Crippen LogP contribution < -0.4 is 9.62 Å². The minimum Gasteiger partial charge on any atom is -0.465 e. The molecular weight excluding hydrogens is 380 g/mol. The zero-order valence-electron chi connectivity index (χ0n) is 16.3. The third-order valence-corrected chi connectivity index (χ3v) is 5.28. The maximum absolute atomic E-state index is 12.5. The molecule has 0 aliphatic heterocycles. The van der Waals surface area contributed by atoms with Crippen LogP contribution in [0, 0.1) is 0 Å². The molecule has 1 N–H and O–H groups in total. The number of hydrogen-bond acceptors (Lipinski definition) is 5. The summed E-state index contributed by atoms with van der Waals surface area (Å²) in [7, 11) is -2.45. The van der Waals surface area contributed by atoms with Crippen LogP contribution in [0.25, 0.3) is 0 Å². The number of sulfonamides is 1. The van der Waals surface area contributed by atoms with Crippen molar-refractivity contribution in [3.63, 3.8) is 0 Å². The summed E-state index contributed by atoms with van der Waals surface area (Å²) in [4.78, 5) is 24.3. The molecule has 0 heterocycles. The Labute approximate surface area is 165 Å². The average Bonchev–Trinajstić information content (AvgIpc) is 2.65. The summed E-state index contributed by atoms with van der Waals surface area (Å²) in [6, 6.07) is 13.4. The number of para-hydroxylation sites is 1. The standard InChI is InChI=1S/C20H24N2O5S/c1-14(2)15-9-11-16(12-10-15)22(28(4,25)26)13-19(23)21-18-8-6-5-7-17(18)20(24)27-3/h5-12,14H,13H2,1-4H3,(H,21,23). The van der Waals surface area contributed by atoms with E-state index in [1.165, 1.54) is 13.2 Å². The van der Waals surface area contributed by atoms with Crippen molar-refractivity contribution >= 4 is 33.3 Å². The second-order valence-electron chi connectivity index (χ2n) is 6.60. The first-order valence-corrected chi connectivity index (χ1v) is 10.5. The Bertz CT molecular complexity index is 953. The third-order valence-electron chi connectivity index (χ3n) is 4.14. The quantitative estimate of drug-likeness (QED) is 0.716. The fraction of sp³-hybridized carbons (Fsp3) is 0.300. The van der Waals surface area contributed by atoms with E-state index in [1.54, 1.807) is 30.3 Å². The number of nitrogens with zero attached hydrogens (tertiary/aromatic N) is 1. The Balaban J connectivity index is 2.24. The molecule has 150 valence electrons. The lowest BCUT2D eigenvalue weighted by Crippen LogP contribution is -2.37.